The van der Waals surface area contributed by atoms with Crippen molar-refractivity contribution >= 4 is 39.7 Å². The third kappa shape index (κ3) is 3.00. The molecule has 0 unspecified atom stereocenters. The van der Waals surface area contributed by atoms with E-state index in [1.807, 2.05) is 6.26 Å². The van der Waals surface area contributed by atoms with Crippen LogP contribution in [-0.2, 0) is 0 Å². The van der Waals surface area contributed by atoms with E-state index < -0.39 is 0 Å². The van der Waals surface area contributed by atoms with Gasteiger partial charge in [-0.3, -0.25) is 4.79 Å². The minimum absolute atomic E-state index is 0.0844. The van der Waals surface area contributed by atoms with Gasteiger partial charge in [0.1, 0.15) is 9.88 Å². The van der Waals surface area contributed by atoms with Crippen LogP contribution in [0.2, 0.25) is 0 Å². The summed E-state index contributed by atoms with van der Waals surface area (Å²) in [6.45, 7) is 2.14. The molecule has 106 valence electrons. The summed E-state index contributed by atoms with van der Waals surface area (Å²) >= 11 is 3.16. The molecule has 1 saturated heterocycles. The number of nitrogens with zero attached hydrogens (tertiary/aromatic N) is 1. The Morgan fingerprint density at radius 2 is 1.95 bits per heavy atom. The summed E-state index contributed by atoms with van der Waals surface area (Å²) in [5.41, 5.74) is 6.77. The van der Waals surface area contributed by atoms with Gasteiger partial charge in [0.2, 0.25) is 0 Å². The molecule has 6 heteroatoms. The van der Waals surface area contributed by atoms with Crippen molar-refractivity contribution in [1.82, 2.24) is 5.32 Å². The number of nitrogens with one attached hydrogen (secondary N) is 1. The zero-order chi connectivity index (χ0) is 13.8. The van der Waals surface area contributed by atoms with Crippen LogP contribution in [0.3, 0.4) is 0 Å². The first kappa shape index (κ1) is 14.5. The second-order valence-electron chi connectivity index (χ2n) is 4.66. The first-order chi connectivity index (χ1) is 9.19. The predicted molar refractivity (Wildman–Crippen MR) is 84.6 cm³/mol. The van der Waals surface area contributed by atoms with Crippen molar-refractivity contribution in [2.45, 2.75) is 30.6 Å². The Bertz CT molecular complexity index is 451. The maximum absolute atomic E-state index is 11.9. The van der Waals surface area contributed by atoms with Gasteiger partial charge in [0, 0.05) is 20.1 Å². The molecule has 19 heavy (non-hydrogen) atoms. The van der Waals surface area contributed by atoms with Gasteiger partial charge in [0.05, 0.1) is 10.6 Å². The lowest BCUT2D eigenvalue weighted by molar-refractivity contribution is 0.0968. The highest BCUT2D eigenvalue weighted by Gasteiger charge is 2.23. The van der Waals surface area contributed by atoms with Crippen LogP contribution in [0.5, 0.6) is 0 Å². The fourth-order valence-corrected chi connectivity index (χ4v) is 4.56. The van der Waals surface area contributed by atoms with Gasteiger partial charge in [-0.2, -0.15) is 0 Å². The van der Waals surface area contributed by atoms with Crippen LogP contribution in [0.4, 0.5) is 10.7 Å². The summed E-state index contributed by atoms with van der Waals surface area (Å²) < 4.78 is 0. The monoisotopic (exact) mass is 299 g/mol. The second kappa shape index (κ2) is 6.52. The zero-order valence-electron chi connectivity index (χ0n) is 11.5. The molecule has 1 aromatic heterocycles. The summed E-state index contributed by atoms with van der Waals surface area (Å²) in [6, 6.07) is 0. The van der Waals surface area contributed by atoms with E-state index in [0.29, 0.717) is 10.6 Å². The second-order valence-corrected chi connectivity index (χ2v) is 6.48. The van der Waals surface area contributed by atoms with E-state index in [9.17, 15) is 4.79 Å². The number of amides is 1. The van der Waals surface area contributed by atoms with Crippen molar-refractivity contribution in [1.29, 1.82) is 0 Å². The maximum atomic E-state index is 11.9. The highest BCUT2D eigenvalue weighted by atomic mass is 32.2. The number of carbonyl (C=O) groups excluding carboxylic acids is 1. The smallest absolute Gasteiger partial charge is 0.263 e. The molecule has 1 aliphatic heterocycles. The Hall–Kier alpha value is -0.880. The molecule has 2 heterocycles. The van der Waals surface area contributed by atoms with E-state index >= 15 is 0 Å². The highest BCUT2D eigenvalue weighted by Crippen LogP contribution is 2.44. The van der Waals surface area contributed by atoms with Crippen LogP contribution in [0.1, 0.15) is 35.4 Å². The van der Waals surface area contributed by atoms with E-state index in [1.54, 1.807) is 18.8 Å². The number of nitrogens with two attached hydrogens (primary N) is 1. The van der Waals surface area contributed by atoms with Gasteiger partial charge in [0.25, 0.3) is 5.91 Å². The molecule has 1 fully saturated rings. The van der Waals surface area contributed by atoms with E-state index in [4.69, 9.17) is 5.73 Å². The number of nitrogen functional groups attached to an aromatic ring is 1. The van der Waals surface area contributed by atoms with Gasteiger partial charge < -0.3 is 16.0 Å². The lowest BCUT2D eigenvalue weighted by atomic mass is 10.2. The van der Waals surface area contributed by atoms with Crippen molar-refractivity contribution in [3.05, 3.63) is 4.88 Å². The van der Waals surface area contributed by atoms with Gasteiger partial charge >= 0.3 is 0 Å². The molecule has 0 bridgehead atoms. The van der Waals surface area contributed by atoms with Crippen LogP contribution >= 0.6 is 23.1 Å². The lowest BCUT2D eigenvalue weighted by Crippen LogP contribution is -2.23. The van der Waals surface area contributed by atoms with Gasteiger partial charge in [-0.05, 0) is 19.1 Å². The van der Waals surface area contributed by atoms with Crippen molar-refractivity contribution in [2.24, 2.45) is 0 Å². The number of thiophene rings is 1. The molecular weight excluding hydrogens is 278 g/mol. The quantitative estimate of drug-likeness (QED) is 0.843. The number of rotatable bonds is 3. The average Bonchev–Trinajstić information content (AvgIpc) is 2.61. The van der Waals surface area contributed by atoms with E-state index in [2.05, 4.69) is 10.2 Å². The zero-order valence-corrected chi connectivity index (χ0v) is 13.1. The molecular formula is C13H21N3OS2. The number of hydrogen-bond acceptors (Lipinski definition) is 5. The first-order valence-electron chi connectivity index (χ1n) is 6.62. The van der Waals surface area contributed by atoms with Crippen molar-refractivity contribution in [2.75, 3.05) is 37.0 Å². The Morgan fingerprint density at radius 3 is 2.47 bits per heavy atom. The third-order valence-electron chi connectivity index (χ3n) is 3.41. The molecule has 3 N–H and O–H groups in total. The Balaban J connectivity index is 2.35. The largest absolute Gasteiger partial charge is 0.396 e. The van der Waals surface area contributed by atoms with Crippen molar-refractivity contribution in [3.63, 3.8) is 0 Å². The molecule has 0 saturated carbocycles. The van der Waals surface area contributed by atoms with E-state index in [0.717, 1.165) is 18.0 Å². The first-order valence-corrected chi connectivity index (χ1v) is 8.66. The molecule has 4 nitrogen and oxygen atoms in total. The number of carbonyl (C=O) groups is 1. The normalized spacial score (nSPS) is 16.2. The summed E-state index contributed by atoms with van der Waals surface area (Å²) in [7, 11) is 1.64. The van der Waals surface area contributed by atoms with Crippen LogP contribution < -0.4 is 16.0 Å². The van der Waals surface area contributed by atoms with Gasteiger partial charge in [-0.1, -0.05) is 12.8 Å². The molecule has 0 aromatic carbocycles. The molecule has 1 aliphatic rings. The SMILES string of the molecule is CNC(=O)c1sc(N2CCCCCC2)c(SC)c1N. The average molecular weight is 299 g/mol. The van der Waals surface area contributed by atoms with Crippen LogP contribution in [0.25, 0.3) is 0 Å². The molecule has 0 spiro atoms. The molecule has 0 radical (unpaired) electrons. The summed E-state index contributed by atoms with van der Waals surface area (Å²) in [5.74, 6) is -0.0844. The predicted octanol–water partition coefficient (Wildman–Crippen LogP) is 2.79. The van der Waals surface area contributed by atoms with Crippen LogP contribution in [-0.4, -0.2) is 32.3 Å². The topological polar surface area (TPSA) is 58.4 Å². The fourth-order valence-electron chi connectivity index (χ4n) is 2.38. The molecule has 2 rings (SSSR count). The van der Waals surface area contributed by atoms with E-state index in [-0.39, 0.29) is 5.91 Å². The highest BCUT2D eigenvalue weighted by molar-refractivity contribution is 7.99. The molecule has 0 atom stereocenters. The fraction of sp³-hybridized carbons (Fsp3) is 0.615. The van der Waals surface area contributed by atoms with Gasteiger partial charge in [-0.15, -0.1) is 23.1 Å². The molecule has 1 aromatic rings. The molecule has 0 aliphatic carbocycles. The summed E-state index contributed by atoms with van der Waals surface area (Å²) in [4.78, 5) is 16.0. The van der Waals surface area contributed by atoms with Crippen LogP contribution in [0, 0.1) is 0 Å². The molecule has 1 amide bonds. The number of hydrogen-bond donors (Lipinski definition) is 2. The van der Waals surface area contributed by atoms with Crippen molar-refractivity contribution in [3.8, 4) is 0 Å². The van der Waals surface area contributed by atoms with Crippen molar-refractivity contribution < 1.29 is 4.79 Å². The van der Waals surface area contributed by atoms with E-state index in [1.165, 1.54) is 42.0 Å². The minimum atomic E-state index is -0.0844. The number of anilines is 2. The Morgan fingerprint density at radius 1 is 1.32 bits per heavy atom. The van der Waals surface area contributed by atoms with Gasteiger partial charge in [-0.25, -0.2) is 0 Å². The van der Waals surface area contributed by atoms with Crippen LogP contribution in [0.15, 0.2) is 4.90 Å². The maximum Gasteiger partial charge on any atom is 0.263 e. The standard InChI is InChI=1S/C13H21N3OS2/c1-15-12(17)10-9(14)11(18-2)13(19-10)16-7-5-3-4-6-8-16/h3-8,14H2,1-2H3,(H,15,17). The summed E-state index contributed by atoms with van der Waals surface area (Å²) in [6.07, 6.45) is 7.07. The third-order valence-corrected chi connectivity index (χ3v) is 5.63. The Labute approximate surface area is 122 Å². The minimum Gasteiger partial charge on any atom is -0.396 e. The lowest BCUT2D eigenvalue weighted by Gasteiger charge is -2.21. The summed E-state index contributed by atoms with van der Waals surface area (Å²) in [5, 5.41) is 3.84. The number of thioether (sulfide) groups is 1. The Kier molecular flexibility index (Phi) is 4.99. The van der Waals surface area contributed by atoms with Gasteiger partial charge in [0.15, 0.2) is 0 Å².